The Bertz CT molecular complexity index is 1190. The van der Waals surface area contributed by atoms with Gasteiger partial charge in [-0.2, -0.15) is 4.98 Å². The molecule has 1 aromatic carbocycles. The second-order valence-electron chi connectivity index (χ2n) is 5.73. The summed E-state index contributed by atoms with van der Waals surface area (Å²) >= 11 is 0. The summed E-state index contributed by atoms with van der Waals surface area (Å²) in [6.07, 6.45) is 3.50. The molecule has 0 aliphatic rings. The number of nitrogen functional groups attached to an aromatic ring is 1. The van der Waals surface area contributed by atoms with E-state index < -0.39 is 0 Å². The number of benzene rings is 1. The molecule has 122 valence electrons. The highest BCUT2D eigenvalue weighted by atomic mass is 16.3. The summed E-state index contributed by atoms with van der Waals surface area (Å²) in [6, 6.07) is 11.8. The highest BCUT2D eigenvalue weighted by Crippen LogP contribution is 2.26. The Hall–Kier alpha value is -3.68. The average Bonchev–Trinajstić information content (AvgIpc) is 3.35. The van der Waals surface area contributed by atoms with E-state index in [2.05, 4.69) is 43.5 Å². The Labute approximate surface area is 141 Å². The Balaban J connectivity index is 1.62. The molecule has 0 saturated carbocycles. The molecule has 5 rings (SSSR count). The van der Waals surface area contributed by atoms with Gasteiger partial charge in [0.25, 0.3) is 0 Å². The number of nitrogens with one attached hydrogen (secondary N) is 1. The van der Waals surface area contributed by atoms with Crippen LogP contribution in [0.25, 0.3) is 33.5 Å². The molecular weight excluding hydrogens is 318 g/mol. The monoisotopic (exact) mass is 331 g/mol. The van der Waals surface area contributed by atoms with Crippen LogP contribution in [0.4, 0.5) is 5.95 Å². The van der Waals surface area contributed by atoms with Crippen molar-refractivity contribution in [1.29, 1.82) is 0 Å². The van der Waals surface area contributed by atoms with Crippen LogP contribution in [-0.2, 0) is 6.54 Å². The van der Waals surface area contributed by atoms with E-state index in [4.69, 9.17) is 10.2 Å². The van der Waals surface area contributed by atoms with Gasteiger partial charge in [0.2, 0.25) is 5.95 Å². The zero-order valence-electron chi connectivity index (χ0n) is 13.0. The van der Waals surface area contributed by atoms with Crippen LogP contribution in [-0.4, -0.2) is 29.9 Å². The third kappa shape index (κ3) is 2.23. The van der Waals surface area contributed by atoms with E-state index in [9.17, 15) is 0 Å². The molecule has 0 radical (unpaired) electrons. The van der Waals surface area contributed by atoms with Crippen LogP contribution in [0.15, 0.2) is 53.3 Å². The molecule has 8 nitrogen and oxygen atoms in total. The van der Waals surface area contributed by atoms with Gasteiger partial charge < -0.3 is 15.1 Å². The van der Waals surface area contributed by atoms with Gasteiger partial charge in [-0.15, -0.1) is 5.10 Å². The molecule has 0 atom stereocenters. The molecular formula is C17H13N7O. The van der Waals surface area contributed by atoms with Gasteiger partial charge in [0.1, 0.15) is 5.69 Å². The SMILES string of the molecule is Nc1nc(-c2ccco2)c2nnn(Cc3ccc4cc[nH]c4c3)c2n1. The predicted molar refractivity (Wildman–Crippen MR) is 92.6 cm³/mol. The highest BCUT2D eigenvalue weighted by molar-refractivity contribution is 5.86. The van der Waals surface area contributed by atoms with Crippen LogP contribution >= 0.6 is 0 Å². The summed E-state index contributed by atoms with van der Waals surface area (Å²) in [5.41, 5.74) is 9.71. The highest BCUT2D eigenvalue weighted by Gasteiger charge is 2.17. The van der Waals surface area contributed by atoms with Crippen molar-refractivity contribution in [1.82, 2.24) is 29.9 Å². The lowest BCUT2D eigenvalue weighted by atomic mass is 10.1. The minimum atomic E-state index is 0.155. The number of rotatable bonds is 3. The fraction of sp³-hybridized carbons (Fsp3) is 0.0588. The molecule has 3 N–H and O–H groups in total. The van der Waals surface area contributed by atoms with Crippen molar-refractivity contribution >= 4 is 28.0 Å². The molecule has 8 heteroatoms. The second-order valence-corrected chi connectivity index (χ2v) is 5.73. The van der Waals surface area contributed by atoms with E-state index in [1.165, 1.54) is 5.39 Å². The van der Waals surface area contributed by atoms with Gasteiger partial charge in [-0.1, -0.05) is 17.3 Å². The molecule has 25 heavy (non-hydrogen) atoms. The third-order valence-corrected chi connectivity index (χ3v) is 4.09. The van der Waals surface area contributed by atoms with Crippen LogP contribution in [0.3, 0.4) is 0 Å². The van der Waals surface area contributed by atoms with E-state index in [0.29, 0.717) is 29.2 Å². The van der Waals surface area contributed by atoms with Crippen LogP contribution < -0.4 is 5.73 Å². The first-order valence-electron chi connectivity index (χ1n) is 7.74. The molecule has 0 aliphatic heterocycles. The zero-order chi connectivity index (χ0) is 16.8. The number of furan rings is 1. The zero-order valence-corrected chi connectivity index (χ0v) is 13.0. The molecule has 4 aromatic heterocycles. The number of nitrogens with zero attached hydrogens (tertiary/aromatic N) is 5. The number of nitrogens with two attached hydrogens (primary N) is 1. The third-order valence-electron chi connectivity index (χ3n) is 4.09. The molecule has 0 amide bonds. The average molecular weight is 331 g/mol. The number of fused-ring (bicyclic) bond motifs is 2. The molecule has 0 saturated heterocycles. The number of hydrogen-bond acceptors (Lipinski definition) is 6. The van der Waals surface area contributed by atoms with E-state index in [0.717, 1.165) is 11.1 Å². The largest absolute Gasteiger partial charge is 0.463 e. The molecule has 0 unspecified atom stereocenters. The van der Waals surface area contributed by atoms with Gasteiger partial charge >= 0.3 is 0 Å². The summed E-state index contributed by atoms with van der Waals surface area (Å²) < 4.78 is 7.13. The van der Waals surface area contributed by atoms with Crippen molar-refractivity contribution in [2.75, 3.05) is 5.73 Å². The van der Waals surface area contributed by atoms with Crippen molar-refractivity contribution in [2.24, 2.45) is 0 Å². The number of aromatic nitrogens is 6. The lowest BCUT2D eigenvalue weighted by Gasteiger charge is -2.04. The van der Waals surface area contributed by atoms with Crippen LogP contribution in [0.1, 0.15) is 5.56 Å². The number of H-pyrrole nitrogens is 1. The summed E-state index contributed by atoms with van der Waals surface area (Å²) in [5, 5.41) is 9.62. The standard InChI is InChI=1S/C17H13N7O/c18-17-20-14(13-2-1-7-25-13)15-16(21-17)24(23-22-15)9-10-3-4-11-5-6-19-12(11)8-10/h1-8,19H,9H2,(H2,18,20,21). The van der Waals surface area contributed by atoms with Crippen molar-refractivity contribution < 1.29 is 4.42 Å². The van der Waals surface area contributed by atoms with Crippen molar-refractivity contribution in [3.63, 3.8) is 0 Å². The number of aromatic amines is 1. The topological polar surface area (TPSA) is 111 Å². The lowest BCUT2D eigenvalue weighted by molar-refractivity contribution is 0.580. The fourth-order valence-electron chi connectivity index (χ4n) is 2.93. The van der Waals surface area contributed by atoms with E-state index >= 15 is 0 Å². The van der Waals surface area contributed by atoms with E-state index in [1.54, 1.807) is 23.1 Å². The van der Waals surface area contributed by atoms with Gasteiger partial charge in [-0.05, 0) is 35.2 Å². The first kappa shape index (κ1) is 13.7. The minimum absolute atomic E-state index is 0.155. The van der Waals surface area contributed by atoms with Crippen molar-refractivity contribution in [2.45, 2.75) is 6.54 Å². The van der Waals surface area contributed by atoms with Gasteiger partial charge in [0.15, 0.2) is 16.9 Å². The molecule has 0 aliphatic carbocycles. The molecule has 0 fully saturated rings. The minimum Gasteiger partial charge on any atom is -0.463 e. The molecule has 0 spiro atoms. The maximum atomic E-state index is 5.87. The van der Waals surface area contributed by atoms with Crippen molar-refractivity contribution in [3.05, 3.63) is 54.4 Å². The van der Waals surface area contributed by atoms with Crippen LogP contribution in [0.2, 0.25) is 0 Å². The first-order chi connectivity index (χ1) is 12.3. The fourth-order valence-corrected chi connectivity index (χ4v) is 2.93. The Morgan fingerprint density at radius 3 is 3.00 bits per heavy atom. The Morgan fingerprint density at radius 2 is 2.12 bits per heavy atom. The van der Waals surface area contributed by atoms with Gasteiger partial charge in [-0.25, -0.2) is 9.67 Å². The summed E-state index contributed by atoms with van der Waals surface area (Å²) in [7, 11) is 0. The number of anilines is 1. The van der Waals surface area contributed by atoms with Crippen LogP contribution in [0.5, 0.6) is 0 Å². The molecule has 0 bridgehead atoms. The normalized spacial score (nSPS) is 11.5. The van der Waals surface area contributed by atoms with Gasteiger partial charge in [-0.3, -0.25) is 0 Å². The lowest BCUT2D eigenvalue weighted by Crippen LogP contribution is -2.05. The molecule has 4 heterocycles. The van der Waals surface area contributed by atoms with E-state index in [-0.39, 0.29) is 5.95 Å². The first-order valence-corrected chi connectivity index (χ1v) is 7.74. The predicted octanol–water partition coefficient (Wildman–Crippen LogP) is 2.59. The number of hydrogen-bond donors (Lipinski definition) is 2. The molecule has 5 aromatic rings. The maximum Gasteiger partial charge on any atom is 0.222 e. The van der Waals surface area contributed by atoms with Gasteiger partial charge in [0, 0.05) is 11.7 Å². The summed E-state index contributed by atoms with van der Waals surface area (Å²) in [6.45, 7) is 0.527. The Morgan fingerprint density at radius 1 is 1.16 bits per heavy atom. The Kier molecular flexibility index (Phi) is 2.84. The summed E-state index contributed by atoms with van der Waals surface area (Å²) in [5.74, 6) is 0.737. The van der Waals surface area contributed by atoms with E-state index in [1.807, 2.05) is 12.3 Å². The maximum absolute atomic E-state index is 5.87. The van der Waals surface area contributed by atoms with Crippen molar-refractivity contribution in [3.8, 4) is 11.5 Å². The summed E-state index contributed by atoms with van der Waals surface area (Å²) in [4.78, 5) is 11.8. The van der Waals surface area contributed by atoms with Gasteiger partial charge in [0.05, 0.1) is 12.8 Å². The van der Waals surface area contributed by atoms with Crippen LogP contribution in [0, 0.1) is 0 Å². The smallest absolute Gasteiger partial charge is 0.222 e. The second kappa shape index (κ2) is 5.17. The quantitative estimate of drug-likeness (QED) is 0.525.